The zero-order chi connectivity index (χ0) is 17.9. The lowest BCUT2D eigenvalue weighted by Gasteiger charge is -2.48. The monoisotopic (exact) mass is 342 g/mol. The van der Waals surface area contributed by atoms with Crippen molar-refractivity contribution in [2.45, 2.75) is 38.3 Å². The second-order valence-corrected chi connectivity index (χ2v) is 7.24. The summed E-state index contributed by atoms with van der Waals surface area (Å²) in [6.45, 7) is 7.44. The van der Waals surface area contributed by atoms with E-state index in [1.165, 1.54) is 0 Å². The number of morpholine rings is 1. The molecule has 25 heavy (non-hydrogen) atoms. The highest BCUT2D eigenvalue weighted by atomic mass is 16.5. The standard InChI is InChI=1S/C19H26N4O2/c1-15(2)21-18(24)23-9-10-25-19(14-23)7-4-8-22(13-19)17-6-3-5-16(11-17)12-20/h3,5-6,11,15H,4,7-10,13-14H2,1-2H3,(H,21,24)/t19-/m1/s1. The molecule has 1 N–H and O–H groups in total. The summed E-state index contributed by atoms with van der Waals surface area (Å²) in [5.74, 6) is 0. The van der Waals surface area contributed by atoms with Crippen LogP contribution in [-0.2, 0) is 4.74 Å². The van der Waals surface area contributed by atoms with Crippen LogP contribution in [0, 0.1) is 11.3 Å². The second-order valence-electron chi connectivity index (χ2n) is 7.24. The third-order valence-electron chi connectivity index (χ3n) is 4.83. The van der Waals surface area contributed by atoms with Gasteiger partial charge in [-0.3, -0.25) is 0 Å². The van der Waals surface area contributed by atoms with Gasteiger partial charge in [0.1, 0.15) is 5.60 Å². The van der Waals surface area contributed by atoms with Gasteiger partial charge in [-0.25, -0.2) is 4.79 Å². The minimum Gasteiger partial charge on any atom is -0.369 e. The number of nitrogens with one attached hydrogen (secondary N) is 1. The molecule has 6 nitrogen and oxygen atoms in total. The maximum absolute atomic E-state index is 12.4. The van der Waals surface area contributed by atoms with Gasteiger partial charge in [0.15, 0.2) is 0 Å². The molecule has 0 radical (unpaired) electrons. The van der Waals surface area contributed by atoms with Gasteiger partial charge < -0.3 is 19.9 Å². The van der Waals surface area contributed by atoms with Crippen molar-refractivity contribution >= 4 is 11.7 Å². The fourth-order valence-electron chi connectivity index (χ4n) is 3.69. The fourth-order valence-corrected chi connectivity index (χ4v) is 3.69. The number of carbonyl (C=O) groups is 1. The molecule has 0 aliphatic carbocycles. The first-order chi connectivity index (χ1) is 12.0. The molecule has 134 valence electrons. The van der Waals surface area contributed by atoms with E-state index in [2.05, 4.69) is 16.3 Å². The smallest absolute Gasteiger partial charge is 0.317 e. The highest BCUT2D eigenvalue weighted by molar-refractivity contribution is 5.74. The lowest BCUT2D eigenvalue weighted by molar-refractivity contribution is -0.103. The number of benzene rings is 1. The summed E-state index contributed by atoms with van der Waals surface area (Å²) >= 11 is 0. The molecule has 2 heterocycles. The van der Waals surface area contributed by atoms with Crippen LogP contribution < -0.4 is 10.2 Å². The van der Waals surface area contributed by atoms with Crippen molar-refractivity contribution in [3.05, 3.63) is 29.8 Å². The summed E-state index contributed by atoms with van der Waals surface area (Å²) in [4.78, 5) is 16.5. The van der Waals surface area contributed by atoms with E-state index < -0.39 is 0 Å². The quantitative estimate of drug-likeness (QED) is 0.896. The first-order valence-electron chi connectivity index (χ1n) is 8.96. The van der Waals surface area contributed by atoms with E-state index in [0.717, 1.165) is 31.6 Å². The molecule has 2 saturated heterocycles. The molecule has 1 atom stereocenters. The molecule has 1 aromatic rings. The first-order valence-corrected chi connectivity index (χ1v) is 8.96. The van der Waals surface area contributed by atoms with Gasteiger partial charge in [0, 0.05) is 31.4 Å². The fraction of sp³-hybridized carbons (Fsp3) is 0.579. The normalized spacial score (nSPS) is 23.6. The van der Waals surface area contributed by atoms with E-state index in [9.17, 15) is 4.79 Å². The maximum Gasteiger partial charge on any atom is 0.317 e. The van der Waals surface area contributed by atoms with Crippen LogP contribution in [0.5, 0.6) is 0 Å². The Hall–Kier alpha value is -2.26. The molecule has 0 aromatic heterocycles. The molecular formula is C19H26N4O2. The van der Waals surface area contributed by atoms with Crippen LogP contribution in [0.2, 0.25) is 0 Å². The van der Waals surface area contributed by atoms with Gasteiger partial charge in [-0.15, -0.1) is 0 Å². The number of amides is 2. The molecule has 2 aliphatic rings. The van der Waals surface area contributed by atoms with Gasteiger partial charge in [-0.2, -0.15) is 5.26 Å². The Bertz CT molecular complexity index is 666. The van der Waals surface area contributed by atoms with Crippen molar-refractivity contribution in [2.24, 2.45) is 0 Å². The molecule has 0 saturated carbocycles. The lowest BCUT2D eigenvalue weighted by Crippen LogP contribution is -2.62. The summed E-state index contributed by atoms with van der Waals surface area (Å²) in [7, 11) is 0. The molecule has 2 amide bonds. The van der Waals surface area contributed by atoms with E-state index in [1.807, 2.05) is 43.0 Å². The summed E-state index contributed by atoms with van der Waals surface area (Å²) in [6.07, 6.45) is 1.96. The molecule has 1 spiro atoms. The van der Waals surface area contributed by atoms with Gasteiger partial charge >= 0.3 is 6.03 Å². The predicted octanol–water partition coefficient (Wildman–Crippen LogP) is 2.35. The molecule has 3 rings (SSSR count). The Balaban J connectivity index is 1.73. The van der Waals surface area contributed by atoms with Gasteiger partial charge in [0.25, 0.3) is 0 Å². The van der Waals surface area contributed by atoms with Crippen LogP contribution in [0.3, 0.4) is 0 Å². The molecule has 2 fully saturated rings. The van der Waals surface area contributed by atoms with Crippen LogP contribution in [0.1, 0.15) is 32.3 Å². The largest absolute Gasteiger partial charge is 0.369 e. The summed E-state index contributed by atoms with van der Waals surface area (Å²) in [5, 5.41) is 12.1. The Kier molecular flexibility index (Phi) is 5.14. The molecule has 0 bridgehead atoms. The average Bonchev–Trinajstić information content (AvgIpc) is 2.61. The lowest BCUT2D eigenvalue weighted by atomic mass is 9.90. The van der Waals surface area contributed by atoms with Gasteiger partial charge in [0.2, 0.25) is 0 Å². The maximum atomic E-state index is 12.4. The highest BCUT2D eigenvalue weighted by Gasteiger charge is 2.42. The van der Waals surface area contributed by atoms with E-state index in [1.54, 1.807) is 0 Å². The first kappa shape index (κ1) is 17.6. The van der Waals surface area contributed by atoms with Crippen molar-refractivity contribution in [3.8, 4) is 6.07 Å². The zero-order valence-corrected chi connectivity index (χ0v) is 15.0. The van der Waals surface area contributed by atoms with Crippen LogP contribution in [0.25, 0.3) is 0 Å². The number of urea groups is 1. The summed E-state index contributed by atoms with van der Waals surface area (Å²) < 4.78 is 6.17. The van der Waals surface area contributed by atoms with E-state index in [4.69, 9.17) is 10.00 Å². The molecule has 6 heteroatoms. The van der Waals surface area contributed by atoms with Crippen LogP contribution in [0.15, 0.2) is 24.3 Å². The Labute approximate surface area is 149 Å². The zero-order valence-electron chi connectivity index (χ0n) is 15.0. The number of rotatable bonds is 2. The van der Waals surface area contributed by atoms with Crippen molar-refractivity contribution in [2.75, 3.05) is 37.7 Å². The predicted molar refractivity (Wildman–Crippen MR) is 96.5 cm³/mol. The third-order valence-corrected chi connectivity index (χ3v) is 4.83. The van der Waals surface area contributed by atoms with Gasteiger partial charge in [-0.1, -0.05) is 6.07 Å². The molecular weight excluding hydrogens is 316 g/mol. The number of piperidine rings is 1. The Morgan fingerprint density at radius 3 is 2.96 bits per heavy atom. The minimum atomic E-state index is -0.326. The number of nitriles is 1. The number of hydrogen-bond acceptors (Lipinski definition) is 4. The Morgan fingerprint density at radius 2 is 2.20 bits per heavy atom. The average molecular weight is 342 g/mol. The second kappa shape index (κ2) is 7.32. The number of anilines is 1. The van der Waals surface area contributed by atoms with Gasteiger partial charge in [0.05, 0.1) is 24.8 Å². The van der Waals surface area contributed by atoms with Crippen molar-refractivity contribution in [1.29, 1.82) is 5.26 Å². The van der Waals surface area contributed by atoms with E-state index in [-0.39, 0.29) is 17.7 Å². The van der Waals surface area contributed by atoms with Crippen LogP contribution in [-0.4, -0.2) is 55.4 Å². The van der Waals surface area contributed by atoms with E-state index in [0.29, 0.717) is 25.3 Å². The van der Waals surface area contributed by atoms with Crippen molar-refractivity contribution in [1.82, 2.24) is 10.2 Å². The van der Waals surface area contributed by atoms with Gasteiger partial charge in [-0.05, 0) is 44.9 Å². The van der Waals surface area contributed by atoms with Crippen molar-refractivity contribution in [3.63, 3.8) is 0 Å². The van der Waals surface area contributed by atoms with Crippen molar-refractivity contribution < 1.29 is 9.53 Å². The summed E-state index contributed by atoms with van der Waals surface area (Å²) in [5.41, 5.74) is 1.39. The van der Waals surface area contributed by atoms with E-state index >= 15 is 0 Å². The number of hydrogen-bond donors (Lipinski definition) is 1. The number of ether oxygens (including phenoxy) is 1. The Morgan fingerprint density at radius 1 is 1.36 bits per heavy atom. The third kappa shape index (κ3) is 4.05. The highest BCUT2D eigenvalue weighted by Crippen LogP contribution is 2.32. The SMILES string of the molecule is CC(C)NC(=O)N1CCO[C@@]2(CCCN(c3cccc(C#N)c3)C2)C1. The molecule has 2 aliphatic heterocycles. The van der Waals surface area contributed by atoms with Crippen LogP contribution in [0.4, 0.5) is 10.5 Å². The van der Waals surface area contributed by atoms with Crippen LogP contribution >= 0.6 is 0 Å². The minimum absolute atomic E-state index is 0.0127. The molecule has 1 aromatic carbocycles. The molecule has 0 unspecified atom stereocenters. The number of carbonyl (C=O) groups excluding carboxylic acids is 1. The topological polar surface area (TPSA) is 68.6 Å². The summed E-state index contributed by atoms with van der Waals surface area (Å²) in [6, 6.07) is 10.0. The number of nitrogens with zero attached hydrogens (tertiary/aromatic N) is 3.